The summed E-state index contributed by atoms with van der Waals surface area (Å²) in [6.45, 7) is 7.95. The number of rotatable bonds is 9. The Bertz CT molecular complexity index is 693. The molecule has 0 fully saturated rings. The van der Waals surface area contributed by atoms with Crippen LogP contribution in [0.1, 0.15) is 64.5 Å². The number of aliphatic hydroxyl groups excluding tert-OH is 1. The quantitative estimate of drug-likeness (QED) is 0.275. The molecule has 0 bridgehead atoms. The van der Waals surface area contributed by atoms with Gasteiger partial charge in [0.25, 0.3) is 0 Å². The first kappa shape index (κ1) is 21.8. The van der Waals surface area contributed by atoms with Gasteiger partial charge < -0.3 is 20.4 Å². The molecule has 0 saturated carbocycles. The van der Waals surface area contributed by atoms with Crippen molar-refractivity contribution in [3.05, 3.63) is 52.1 Å². The fraction of sp³-hybridized carbons (Fsp3) is 0.455. The topological polar surface area (TPSA) is 80.9 Å². The van der Waals surface area contributed by atoms with Crippen molar-refractivity contribution in [1.82, 2.24) is 0 Å². The van der Waals surface area contributed by atoms with E-state index in [1.807, 2.05) is 13.0 Å². The predicted octanol–water partition coefficient (Wildman–Crippen LogP) is 5.26. The number of hydrogen-bond donors (Lipinski definition) is 4. The van der Waals surface area contributed by atoms with Gasteiger partial charge in [-0.1, -0.05) is 34.9 Å². The Morgan fingerprint density at radius 3 is 2.00 bits per heavy atom. The maximum Gasteiger partial charge on any atom is 0.165 e. The monoisotopic (exact) mass is 360 g/mol. The molecule has 0 amide bonds. The van der Waals surface area contributed by atoms with Crippen molar-refractivity contribution in [3.8, 4) is 17.2 Å². The second-order valence-corrected chi connectivity index (χ2v) is 7.05. The highest BCUT2D eigenvalue weighted by Crippen LogP contribution is 2.39. The molecule has 0 saturated heterocycles. The standard InChI is InChI=1S/C22H32O4/c1-15(2)7-5-8-16(3)9-6-10-17(4)11-12-19-20(24)13-18(14-23)21(25)22(19)26/h7,9,11,13,23-26H,5-6,8,10,12,14H2,1-4H3/b16-9+,17-11+. The van der Waals surface area contributed by atoms with E-state index < -0.39 is 6.61 Å². The van der Waals surface area contributed by atoms with Crippen molar-refractivity contribution >= 4 is 0 Å². The molecule has 0 aliphatic carbocycles. The first-order valence-electron chi connectivity index (χ1n) is 9.07. The molecular formula is C22H32O4. The van der Waals surface area contributed by atoms with E-state index in [1.165, 1.54) is 17.2 Å². The summed E-state index contributed by atoms with van der Waals surface area (Å²) in [5, 5.41) is 38.9. The average molecular weight is 360 g/mol. The first-order valence-corrected chi connectivity index (χ1v) is 9.07. The number of aromatic hydroxyl groups is 3. The number of allylic oxidation sites excluding steroid dienone is 6. The second-order valence-electron chi connectivity index (χ2n) is 7.05. The van der Waals surface area contributed by atoms with Gasteiger partial charge in [-0.05, 0) is 65.9 Å². The van der Waals surface area contributed by atoms with Gasteiger partial charge in [0.1, 0.15) is 5.75 Å². The predicted molar refractivity (Wildman–Crippen MR) is 106 cm³/mol. The molecule has 4 heteroatoms. The summed E-state index contributed by atoms with van der Waals surface area (Å²) in [6, 6.07) is 1.28. The van der Waals surface area contributed by atoms with E-state index in [2.05, 4.69) is 32.9 Å². The average Bonchev–Trinajstić information content (AvgIpc) is 2.57. The van der Waals surface area contributed by atoms with E-state index in [4.69, 9.17) is 5.11 Å². The fourth-order valence-corrected chi connectivity index (χ4v) is 2.67. The molecular weight excluding hydrogens is 328 g/mol. The highest BCUT2D eigenvalue weighted by molar-refractivity contribution is 5.56. The minimum Gasteiger partial charge on any atom is -0.508 e. The van der Waals surface area contributed by atoms with Crippen molar-refractivity contribution < 1.29 is 20.4 Å². The fourth-order valence-electron chi connectivity index (χ4n) is 2.67. The van der Waals surface area contributed by atoms with Crippen molar-refractivity contribution in [2.24, 2.45) is 0 Å². The molecule has 0 radical (unpaired) electrons. The lowest BCUT2D eigenvalue weighted by atomic mass is 10.0. The molecule has 0 aliphatic heterocycles. The summed E-state index contributed by atoms with van der Waals surface area (Å²) >= 11 is 0. The highest BCUT2D eigenvalue weighted by atomic mass is 16.3. The molecule has 0 unspecified atom stereocenters. The van der Waals surface area contributed by atoms with Gasteiger partial charge >= 0.3 is 0 Å². The molecule has 0 heterocycles. The van der Waals surface area contributed by atoms with Gasteiger partial charge in [0.05, 0.1) is 6.61 Å². The SMILES string of the molecule is CC(C)=CCC/C(C)=C/CC/C(C)=C/Cc1c(O)cc(CO)c(O)c1O. The lowest BCUT2D eigenvalue weighted by Gasteiger charge is -2.11. The van der Waals surface area contributed by atoms with Crippen LogP contribution < -0.4 is 0 Å². The molecule has 26 heavy (non-hydrogen) atoms. The Hall–Kier alpha value is -2.20. The zero-order valence-corrected chi connectivity index (χ0v) is 16.3. The van der Waals surface area contributed by atoms with Gasteiger partial charge in [-0.15, -0.1) is 0 Å². The van der Waals surface area contributed by atoms with Crippen LogP contribution in [0.25, 0.3) is 0 Å². The molecule has 4 N–H and O–H groups in total. The summed E-state index contributed by atoms with van der Waals surface area (Å²) < 4.78 is 0. The summed E-state index contributed by atoms with van der Waals surface area (Å²) in [7, 11) is 0. The third kappa shape index (κ3) is 6.96. The summed E-state index contributed by atoms with van der Waals surface area (Å²) in [5.41, 5.74) is 4.27. The Labute approximate surface area is 156 Å². The molecule has 0 aliphatic rings. The van der Waals surface area contributed by atoms with Crippen LogP contribution in [0.15, 0.2) is 41.0 Å². The zero-order valence-electron chi connectivity index (χ0n) is 16.3. The Balaban J connectivity index is 2.62. The molecule has 0 aromatic heterocycles. The van der Waals surface area contributed by atoms with Crippen LogP contribution in [0.2, 0.25) is 0 Å². The molecule has 144 valence electrons. The van der Waals surface area contributed by atoms with Crippen molar-refractivity contribution in [1.29, 1.82) is 0 Å². The molecule has 1 aromatic rings. The normalized spacial score (nSPS) is 12.3. The minimum atomic E-state index is -0.443. The summed E-state index contributed by atoms with van der Waals surface area (Å²) in [6.07, 6.45) is 10.8. The molecule has 1 aromatic carbocycles. The Morgan fingerprint density at radius 1 is 0.846 bits per heavy atom. The van der Waals surface area contributed by atoms with E-state index in [9.17, 15) is 15.3 Å². The lowest BCUT2D eigenvalue weighted by molar-refractivity contribution is 0.271. The van der Waals surface area contributed by atoms with Crippen molar-refractivity contribution in [2.45, 2.75) is 66.4 Å². The zero-order chi connectivity index (χ0) is 19.7. The van der Waals surface area contributed by atoms with E-state index >= 15 is 0 Å². The highest BCUT2D eigenvalue weighted by Gasteiger charge is 2.15. The number of phenolic OH excluding ortho intramolecular Hbond substituents is 2. The van der Waals surface area contributed by atoms with Gasteiger partial charge in [-0.3, -0.25) is 0 Å². The minimum absolute atomic E-state index is 0.109. The van der Waals surface area contributed by atoms with Crippen LogP contribution in [0, 0.1) is 0 Å². The van der Waals surface area contributed by atoms with Gasteiger partial charge in [-0.2, -0.15) is 0 Å². The van der Waals surface area contributed by atoms with Crippen molar-refractivity contribution in [3.63, 3.8) is 0 Å². The maximum absolute atomic E-state index is 10.0. The smallest absolute Gasteiger partial charge is 0.165 e. The Kier molecular flexibility index (Phi) is 9.00. The number of hydrogen-bond acceptors (Lipinski definition) is 4. The van der Waals surface area contributed by atoms with E-state index in [-0.39, 0.29) is 28.4 Å². The second kappa shape index (κ2) is 10.7. The van der Waals surface area contributed by atoms with Crippen LogP contribution >= 0.6 is 0 Å². The van der Waals surface area contributed by atoms with Gasteiger partial charge in [-0.25, -0.2) is 0 Å². The van der Waals surface area contributed by atoms with E-state index in [0.29, 0.717) is 6.42 Å². The number of benzene rings is 1. The lowest BCUT2D eigenvalue weighted by Crippen LogP contribution is -1.92. The van der Waals surface area contributed by atoms with Gasteiger partial charge in [0, 0.05) is 11.1 Å². The number of phenols is 3. The molecule has 1 rings (SSSR count). The van der Waals surface area contributed by atoms with Gasteiger partial charge in [0.2, 0.25) is 0 Å². The molecule has 0 atom stereocenters. The molecule has 4 nitrogen and oxygen atoms in total. The van der Waals surface area contributed by atoms with Crippen LogP contribution in [-0.4, -0.2) is 20.4 Å². The summed E-state index contributed by atoms with van der Waals surface area (Å²) in [5.74, 6) is -0.863. The molecule has 0 spiro atoms. The number of aliphatic hydroxyl groups is 1. The van der Waals surface area contributed by atoms with Gasteiger partial charge in [0.15, 0.2) is 11.5 Å². The van der Waals surface area contributed by atoms with Crippen LogP contribution in [0.4, 0.5) is 0 Å². The third-order valence-electron chi connectivity index (χ3n) is 4.38. The largest absolute Gasteiger partial charge is 0.508 e. The van der Waals surface area contributed by atoms with Crippen LogP contribution in [-0.2, 0) is 13.0 Å². The third-order valence-corrected chi connectivity index (χ3v) is 4.38. The van der Waals surface area contributed by atoms with Crippen LogP contribution in [0.5, 0.6) is 17.2 Å². The van der Waals surface area contributed by atoms with Crippen molar-refractivity contribution in [2.75, 3.05) is 0 Å². The summed E-state index contributed by atoms with van der Waals surface area (Å²) in [4.78, 5) is 0. The first-order chi connectivity index (χ1) is 12.3. The maximum atomic E-state index is 10.0. The van der Waals surface area contributed by atoms with E-state index in [1.54, 1.807) is 0 Å². The van der Waals surface area contributed by atoms with E-state index in [0.717, 1.165) is 31.3 Å². The Morgan fingerprint density at radius 2 is 1.42 bits per heavy atom. The van der Waals surface area contributed by atoms with Crippen LogP contribution in [0.3, 0.4) is 0 Å².